The number of benzene rings is 2. The van der Waals surface area contributed by atoms with E-state index in [2.05, 4.69) is 45.5 Å². The van der Waals surface area contributed by atoms with Crippen LogP contribution in [0.1, 0.15) is 35.6 Å². The van der Waals surface area contributed by atoms with Gasteiger partial charge in [-0.3, -0.25) is 9.88 Å². The number of nitrogens with zero attached hydrogens (tertiary/aromatic N) is 2. The molecule has 0 amide bonds. The summed E-state index contributed by atoms with van der Waals surface area (Å²) in [6.07, 6.45) is 6.14. The van der Waals surface area contributed by atoms with Crippen molar-refractivity contribution in [3.8, 4) is 11.5 Å². The third-order valence-electron chi connectivity index (χ3n) is 5.82. The summed E-state index contributed by atoms with van der Waals surface area (Å²) < 4.78 is 11.8. The van der Waals surface area contributed by atoms with Crippen molar-refractivity contribution < 1.29 is 9.47 Å². The Bertz CT molecular complexity index is 942. The molecule has 0 bridgehead atoms. The van der Waals surface area contributed by atoms with Crippen molar-refractivity contribution in [1.29, 1.82) is 0 Å². The highest BCUT2D eigenvalue weighted by atomic mass is 16.5. The van der Waals surface area contributed by atoms with Gasteiger partial charge in [-0.05, 0) is 44.1 Å². The van der Waals surface area contributed by atoms with Gasteiger partial charge in [0.1, 0.15) is 18.1 Å². The normalized spacial score (nSPS) is 15.0. The van der Waals surface area contributed by atoms with E-state index in [0.717, 1.165) is 48.8 Å². The standard InChI is InChI=1S/C26H31N3O2/c1-30-26-13-5-3-11-23(26)24(29-15-6-7-16-29)19-28-18-22-10-2-4-12-25(22)31-20-21-9-8-14-27-17-21/h2-5,8-14,17,24,28H,6-7,15-16,18-20H2,1H3/t24-/m1/s1. The number of pyridine rings is 1. The molecule has 1 aliphatic heterocycles. The first-order valence-corrected chi connectivity index (χ1v) is 11.0. The van der Waals surface area contributed by atoms with Crippen LogP contribution in [0.4, 0.5) is 0 Å². The fourth-order valence-electron chi connectivity index (χ4n) is 4.21. The fraction of sp³-hybridized carbons (Fsp3) is 0.346. The Labute approximate surface area is 185 Å². The van der Waals surface area contributed by atoms with Crippen molar-refractivity contribution in [3.05, 3.63) is 89.7 Å². The summed E-state index contributed by atoms with van der Waals surface area (Å²) in [6.45, 7) is 4.40. The molecule has 2 aromatic carbocycles. The smallest absolute Gasteiger partial charge is 0.124 e. The van der Waals surface area contributed by atoms with E-state index in [9.17, 15) is 0 Å². The summed E-state index contributed by atoms with van der Waals surface area (Å²) in [5, 5.41) is 3.68. The van der Waals surface area contributed by atoms with Gasteiger partial charge in [0.2, 0.25) is 0 Å². The van der Waals surface area contributed by atoms with Crippen LogP contribution in [0.15, 0.2) is 73.1 Å². The molecule has 1 aromatic heterocycles. The van der Waals surface area contributed by atoms with Crippen LogP contribution in [0.25, 0.3) is 0 Å². The van der Waals surface area contributed by atoms with Crippen LogP contribution in [-0.4, -0.2) is 36.6 Å². The van der Waals surface area contributed by atoms with E-state index in [-0.39, 0.29) is 0 Å². The van der Waals surface area contributed by atoms with Gasteiger partial charge in [-0.2, -0.15) is 0 Å². The van der Waals surface area contributed by atoms with Crippen molar-refractivity contribution in [1.82, 2.24) is 15.2 Å². The summed E-state index contributed by atoms with van der Waals surface area (Å²) in [4.78, 5) is 6.73. The summed E-state index contributed by atoms with van der Waals surface area (Å²) in [5.41, 5.74) is 3.47. The topological polar surface area (TPSA) is 46.6 Å². The Morgan fingerprint density at radius 1 is 0.968 bits per heavy atom. The molecule has 1 fully saturated rings. The molecule has 3 aromatic rings. The minimum atomic E-state index is 0.294. The second-order valence-electron chi connectivity index (χ2n) is 7.89. The second-order valence-corrected chi connectivity index (χ2v) is 7.89. The molecular weight excluding hydrogens is 386 g/mol. The molecule has 1 atom stereocenters. The number of nitrogens with one attached hydrogen (secondary N) is 1. The van der Waals surface area contributed by atoms with Crippen LogP contribution < -0.4 is 14.8 Å². The molecular formula is C26H31N3O2. The SMILES string of the molecule is COc1ccccc1[C@@H](CNCc1ccccc1OCc1cccnc1)N1CCCC1. The van der Waals surface area contributed by atoms with Gasteiger partial charge in [0.05, 0.1) is 13.2 Å². The Hall–Kier alpha value is -2.89. The number of aromatic nitrogens is 1. The molecule has 1 aliphatic rings. The van der Waals surface area contributed by atoms with Gasteiger partial charge in [-0.15, -0.1) is 0 Å². The minimum Gasteiger partial charge on any atom is -0.496 e. The minimum absolute atomic E-state index is 0.294. The number of hydrogen-bond donors (Lipinski definition) is 1. The summed E-state index contributed by atoms with van der Waals surface area (Å²) in [6, 6.07) is 20.9. The number of likely N-dealkylation sites (tertiary alicyclic amines) is 1. The average Bonchev–Trinajstić information content (AvgIpc) is 3.36. The van der Waals surface area contributed by atoms with Gasteiger partial charge in [0.15, 0.2) is 0 Å². The molecule has 31 heavy (non-hydrogen) atoms. The third kappa shape index (κ3) is 5.63. The van der Waals surface area contributed by atoms with E-state index in [0.29, 0.717) is 12.6 Å². The highest BCUT2D eigenvalue weighted by Crippen LogP contribution is 2.31. The van der Waals surface area contributed by atoms with E-state index in [1.54, 1.807) is 13.3 Å². The molecule has 162 valence electrons. The van der Waals surface area contributed by atoms with Gasteiger partial charge in [-0.25, -0.2) is 0 Å². The maximum Gasteiger partial charge on any atom is 0.124 e. The largest absolute Gasteiger partial charge is 0.496 e. The Kier molecular flexibility index (Phi) is 7.53. The Morgan fingerprint density at radius 2 is 1.74 bits per heavy atom. The first kappa shape index (κ1) is 21.3. The first-order chi connectivity index (χ1) is 15.3. The Balaban J connectivity index is 1.42. The molecule has 0 unspecified atom stereocenters. The molecule has 5 heteroatoms. The molecule has 1 N–H and O–H groups in total. The lowest BCUT2D eigenvalue weighted by Crippen LogP contribution is -2.34. The van der Waals surface area contributed by atoms with Crippen molar-refractivity contribution >= 4 is 0 Å². The summed E-state index contributed by atoms with van der Waals surface area (Å²) in [5.74, 6) is 1.87. The summed E-state index contributed by atoms with van der Waals surface area (Å²) >= 11 is 0. The summed E-state index contributed by atoms with van der Waals surface area (Å²) in [7, 11) is 1.75. The number of para-hydroxylation sites is 2. The maximum absolute atomic E-state index is 6.09. The second kappa shape index (κ2) is 10.9. The predicted molar refractivity (Wildman–Crippen MR) is 123 cm³/mol. The zero-order valence-corrected chi connectivity index (χ0v) is 18.2. The molecule has 0 saturated carbocycles. The molecule has 0 aliphatic carbocycles. The quantitative estimate of drug-likeness (QED) is 0.523. The third-order valence-corrected chi connectivity index (χ3v) is 5.82. The van der Waals surface area contributed by atoms with Crippen LogP contribution in [0.3, 0.4) is 0 Å². The lowest BCUT2D eigenvalue weighted by molar-refractivity contribution is 0.232. The van der Waals surface area contributed by atoms with E-state index in [1.165, 1.54) is 18.4 Å². The lowest BCUT2D eigenvalue weighted by atomic mass is 10.0. The fourth-order valence-corrected chi connectivity index (χ4v) is 4.21. The van der Waals surface area contributed by atoms with Gasteiger partial charge < -0.3 is 14.8 Å². The molecule has 2 heterocycles. The first-order valence-electron chi connectivity index (χ1n) is 11.0. The zero-order valence-electron chi connectivity index (χ0n) is 18.2. The van der Waals surface area contributed by atoms with Crippen LogP contribution in [-0.2, 0) is 13.2 Å². The van der Waals surface area contributed by atoms with Gasteiger partial charge in [-0.1, -0.05) is 42.5 Å². The van der Waals surface area contributed by atoms with Crippen LogP contribution in [0.2, 0.25) is 0 Å². The Morgan fingerprint density at radius 3 is 2.52 bits per heavy atom. The van der Waals surface area contributed by atoms with Crippen molar-refractivity contribution in [2.45, 2.75) is 32.0 Å². The van der Waals surface area contributed by atoms with E-state index in [1.807, 2.05) is 36.5 Å². The van der Waals surface area contributed by atoms with Crippen molar-refractivity contribution in [2.24, 2.45) is 0 Å². The number of ether oxygens (including phenoxy) is 2. The monoisotopic (exact) mass is 417 g/mol. The molecule has 0 spiro atoms. The van der Waals surface area contributed by atoms with Gasteiger partial charge in [0.25, 0.3) is 0 Å². The average molecular weight is 418 g/mol. The zero-order chi connectivity index (χ0) is 21.3. The van der Waals surface area contributed by atoms with Gasteiger partial charge in [0, 0.05) is 42.2 Å². The number of methoxy groups -OCH3 is 1. The number of rotatable bonds is 10. The van der Waals surface area contributed by atoms with Crippen LogP contribution in [0, 0.1) is 0 Å². The molecule has 1 saturated heterocycles. The van der Waals surface area contributed by atoms with Crippen molar-refractivity contribution in [3.63, 3.8) is 0 Å². The molecule has 5 nitrogen and oxygen atoms in total. The van der Waals surface area contributed by atoms with Crippen LogP contribution in [0.5, 0.6) is 11.5 Å². The van der Waals surface area contributed by atoms with Crippen molar-refractivity contribution in [2.75, 3.05) is 26.7 Å². The van der Waals surface area contributed by atoms with E-state index in [4.69, 9.17) is 9.47 Å². The predicted octanol–water partition coefficient (Wildman–Crippen LogP) is 4.60. The van der Waals surface area contributed by atoms with Crippen LogP contribution >= 0.6 is 0 Å². The maximum atomic E-state index is 6.09. The molecule has 0 radical (unpaired) electrons. The molecule has 4 rings (SSSR count). The highest BCUT2D eigenvalue weighted by Gasteiger charge is 2.25. The van der Waals surface area contributed by atoms with Gasteiger partial charge >= 0.3 is 0 Å². The lowest BCUT2D eigenvalue weighted by Gasteiger charge is -2.29. The van der Waals surface area contributed by atoms with E-state index < -0.39 is 0 Å². The van der Waals surface area contributed by atoms with E-state index >= 15 is 0 Å². The number of hydrogen-bond acceptors (Lipinski definition) is 5. The highest BCUT2D eigenvalue weighted by molar-refractivity contribution is 5.37.